The van der Waals surface area contributed by atoms with Crippen molar-refractivity contribution in [2.24, 2.45) is 0 Å². The zero-order chi connectivity index (χ0) is 5.21. The predicted molar refractivity (Wildman–Crippen MR) is 47.0 cm³/mol. The molecule has 0 saturated heterocycles. The molecule has 38 valence electrons. The van der Waals surface area contributed by atoms with Crippen molar-refractivity contribution in [3.05, 3.63) is 0 Å². The van der Waals surface area contributed by atoms with Crippen molar-refractivity contribution in [1.29, 1.82) is 0 Å². The summed E-state index contributed by atoms with van der Waals surface area (Å²) >= 11 is 4.82. The average Bonchev–Trinajstić information content (AvgIpc) is 1.35. The molecule has 0 rings (SSSR count). The van der Waals surface area contributed by atoms with E-state index < -0.39 is 0 Å². The Bertz CT molecular complexity index is 35.3. The molecule has 0 fully saturated rings. The molecule has 0 aromatic rings. The minimum atomic E-state index is 0.498. The topological polar surface area (TPSA) is 0 Å². The number of hydrogen-bond acceptors (Lipinski definition) is 0. The van der Waals surface area contributed by atoms with Gasteiger partial charge in [0, 0.05) is 7.85 Å². The first kappa shape index (κ1) is 7.46. The Morgan fingerprint density at radius 3 is 1.67 bits per heavy atom. The smallest absolute Gasteiger partial charge is 0.0255 e. The van der Waals surface area contributed by atoms with Crippen LogP contribution >= 0.6 is 45.2 Å². The second-order valence-corrected chi connectivity index (χ2v) is 5.54. The second kappa shape index (κ2) is 2.69. The van der Waals surface area contributed by atoms with Crippen LogP contribution in [0.2, 0.25) is 0 Å². The molecular formula is C4H8I2. The summed E-state index contributed by atoms with van der Waals surface area (Å²) in [6.07, 6.45) is 0. The van der Waals surface area contributed by atoms with Crippen LogP contribution in [0, 0.1) is 0 Å². The van der Waals surface area contributed by atoms with Gasteiger partial charge in [-0.15, -0.1) is 0 Å². The van der Waals surface area contributed by atoms with Crippen LogP contribution in [-0.4, -0.2) is 7.85 Å². The van der Waals surface area contributed by atoms with Crippen LogP contribution < -0.4 is 0 Å². The molecule has 2 heteroatoms. The zero-order valence-corrected chi connectivity index (χ0v) is 8.28. The third-order valence-corrected chi connectivity index (χ3v) is 4.07. The fourth-order valence-corrected chi connectivity index (χ4v) is 0. The maximum Gasteiger partial charge on any atom is 0.0255 e. The molecular weight excluding hydrogens is 302 g/mol. The highest BCUT2D eigenvalue weighted by Gasteiger charge is 2.07. The Hall–Kier alpha value is 1.46. The van der Waals surface area contributed by atoms with E-state index in [1.54, 1.807) is 0 Å². The molecule has 0 N–H and O–H groups in total. The van der Waals surface area contributed by atoms with Crippen LogP contribution in [0.3, 0.4) is 0 Å². The number of rotatable bonds is 1. The summed E-state index contributed by atoms with van der Waals surface area (Å²) in [6, 6.07) is 0. The average molecular weight is 310 g/mol. The van der Waals surface area contributed by atoms with Gasteiger partial charge in [0.05, 0.1) is 0 Å². The Balaban J connectivity index is 3.17. The van der Waals surface area contributed by atoms with Crippen molar-refractivity contribution in [3.63, 3.8) is 0 Å². The molecule has 0 aromatic carbocycles. The van der Waals surface area contributed by atoms with E-state index in [-0.39, 0.29) is 0 Å². The molecule has 0 aliphatic carbocycles. The summed E-state index contributed by atoms with van der Waals surface area (Å²) in [5.41, 5.74) is 0. The van der Waals surface area contributed by atoms with Gasteiger partial charge in [-0.1, -0.05) is 59.0 Å². The summed E-state index contributed by atoms with van der Waals surface area (Å²) in [5, 5.41) is 0. The zero-order valence-electron chi connectivity index (χ0n) is 3.96. The van der Waals surface area contributed by atoms with E-state index >= 15 is 0 Å². The standard InChI is InChI=1S/C4H8I2/c1-4(2,6)3-5/h3H2,1-2H3. The molecule has 6 heavy (non-hydrogen) atoms. The minimum Gasteiger partial charge on any atom is -0.0850 e. The summed E-state index contributed by atoms with van der Waals surface area (Å²) in [7, 11) is 0. The first-order valence-electron chi connectivity index (χ1n) is 1.81. The van der Waals surface area contributed by atoms with Crippen molar-refractivity contribution in [2.75, 3.05) is 4.43 Å². The molecule has 0 amide bonds. The summed E-state index contributed by atoms with van der Waals surface area (Å²) in [4.78, 5) is 0. The third kappa shape index (κ3) is 5.46. The van der Waals surface area contributed by atoms with Crippen molar-refractivity contribution in [1.82, 2.24) is 0 Å². The lowest BCUT2D eigenvalue weighted by Crippen LogP contribution is -2.08. The fourth-order valence-electron chi connectivity index (χ4n) is 0. The molecule has 0 bridgehead atoms. The highest BCUT2D eigenvalue weighted by Crippen LogP contribution is 2.18. The van der Waals surface area contributed by atoms with Gasteiger partial charge in [0.25, 0.3) is 0 Å². The number of alkyl halides is 2. The maximum atomic E-state index is 2.43. The monoisotopic (exact) mass is 310 g/mol. The Kier molecular flexibility index (Phi) is 3.35. The molecule has 0 saturated carbocycles. The molecule has 0 nitrogen and oxygen atoms in total. The quantitative estimate of drug-likeness (QED) is 0.516. The van der Waals surface area contributed by atoms with Crippen molar-refractivity contribution in [3.8, 4) is 0 Å². The highest BCUT2D eigenvalue weighted by atomic mass is 127. The van der Waals surface area contributed by atoms with Gasteiger partial charge in [0.1, 0.15) is 0 Å². The van der Waals surface area contributed by atoms with E-state index in [9.17, 15) is 0 Å². The largest absolute Gasteiger partial charge is 0.0850 e. The molecule has 0 aliphatic rings. The molecule has 0 aliphatic heterocycles. The van der Waals surface area contributed by atoms with Crippen LogP contribution in [0.5, 0.6) is 0 Å². The second-order valence-electron chi connectivity index (χ2n) is 1.85. The highest BCUT2D eigenvalue weighted by molar-refractivity contribution is 14.1. The Labute approximate surface area is 66.4 Å². The predicted octanol–water partition coefficient (Wildman–Crippen LogP) is 2.64. The van der Waals surface area contributed by atoms with Crippen molar-refractivity contribution >= 4 is 45.2 Å². The first-order valence-corrected chi connectivity index (χ1v) is 4.41. The van der Waals surface area contributed by atoms with E-state index in [0.29, 0.717) is 3.42 Å². The van der Waals surface area contributed by atoms with Gasteiger partial charge in [-0.25, -0.2) is 0 Å². The normalized spacial score (nSPS) is 12.0. The van der Waals surface area contributed by atoms with E-state index in [1.807, 2.05) is 0 Å². The third-order valence-electron chi connectivity index (χ3n) is 0.318. The van der Waals surface area contributed by atoms with Gasteiger partial charge < -0.3 is 0 Å². The van der Waals surface area contributed by atoms with E-state index in [0.717, 1.165) is 0 Å². The van der Waals surface area contributed by atoms with Crippen LogP contribution in [0.15, 0.2) is 0 Å². The minimum absolute atomic E-state index is 0.498. The molecule has 0 atom stereocenters. The van der Waals surface area contributed by atoms with Gasteiger partial charge >= 0.3 is 0 Å². The first-order chi connectivity index (χ1) is 2.56. The fraction of sp³-hybridized carbons (Fsp3) is 1.00. The molecule has 0 aromatic heterocycles. The lowest BCUT2D eigenvalue weighted by Gasteiger charge is -2.08. The van der Waals surface area contributed by atoms with E-state index in [4.69, 9.17) is 0 Å². The van der Waals surface area contributed by atoms with Gasteiger partial charge in [0.2, 0.25) is 0 Å². The SMILES string of the molecule is CC(C)(I)CI. The van der Waals surface area contributed by atoms with Crippen LogP contribution in [0.1, 0.15) is 13.8 Å². The molecule has 0 heterocycles. The van der Waals surface area contributed by atoms with Crippen molar-refractivity contribution in [2.45, 2.75) is 17.3 Å². The Morgan fingerprint density at radius 2 is 1.67 bits per heavy atom. The van der Waals surface area contributed by atoms with Crippen LogP contribution in [-0.2, 0) is 0 Å². The molecule has 0 radical (unpaired) electrons. The summed E-state index contributed by atoms with van der Waals surface area (Å²) < 4.78 is 1.73. The van der Waals surface area contributed by atoms with Crippen LogP contribution in [0.4, 0.5) is 0 Å². The summed E-state index contributed by atoms with van der Waals surface area (Å²) in [6.45, 7) is 4.44. The van der Waals surface area contributed by atoms with Gasteiger partial charge in [-0.05, 0) is 0 Å². The number of halogens is 2. The number of hydrogen-bond donors (Lipinski definition) is 0. The van der Waals surface area contributed by atoms with Crippen LogP contribution in [0.25, 0.3) is 0 Å². The lowest BCUT2D eigenvalue weighted by molar-refractivity contribution is 0.874. The lowest BCUT2D eigenvalue weighted by atomic mass is 10.3. The van der Waals surface area contributed by atoms with Gasteiger partial charge in [-0.2, -0.15) is 0 Å². The molecule has 0 spiro atoms. The van der Waals surface area contributed by atoms with Gasteiger partial charge in [-0.3, -0.25) is 0 Å². The van der Waals surface area contributed by atoms with E-state index in [2.05, 4.69) is 59.0 Å². The Morgan fingerprint density at radius 1 is 1.50 bits per heavy atom. The molecule has 0 unspecified atom stereocenters. The van der Waals surface area contributed by atoms with E-state index in [1.165, 1.54) is 4.43 Å². The maximum absolute atomic E-state index is 2.43. The van der Waals surface area contributed by atoms with Crippen molar-refractivity contribution < 1.29 is 0 Å². The summed E-state index contributed by atoms with van der Waals surface area (Å²) in [5.74, 6) is 0. The van der Waals surface area contributed by atoms with Gasteiger partial charge in [0.15, 0.2) is 0 Å².